The second-order valence-corrected chi connectivity index (χ2v) is 2.30. The maximum Gasteiger partial charge on any atom is 0.111 e. The molecule has 1 saturated heterocycles. The molecule has 1 unspecified atom stereocenters. The van der Waals surface area contributed by atoms with E-state index in [2.05, 4.69) is 10.3 Å². The van der Waals surface area contributed by atoms with E-state index >= 15 is 0 Å². The first kappa shape index (κ1) is 10.4. The molecule has 0 aromatic rings. The van der Waals surface area contributed by atoms with Crippen LogP contribution in [-0.2, 0) is 0 Å². The van der Waals surface area contributed by atoms with E-state index in [1.807, 2.05) is 13.8 Å². The molecular formula is C8H19N3. The van der Waals surface area contributed by atoms with Crippen LogP contribution in [-0.4, -0.2) is 25.5 Å². The Balaban J connectivity index is 0.000000461. The van der Waals surface area contributed by atoms with E-state index in [9.17, 15) is 0 Å². The Morgan fingerprint density at radius 3 is 2.55 bits per heavy atom. The van der Waals surface area contributed by atoms with Crippen LogP contribution < -0.4 is 11.1 Å². The number of amidine groups is 1. The van der Waals surface area contributed by atoms with Crippen molar-refractivity contribution in [1.29, 1.82) is 0 Å². The Kier molecular flexibility index (Phi) is 5.84. The first-order valence-electron chi connectivity index (χ1n) is 4.30. The number of nitrogens with zero attached hydrogens (tertiary/aromatic N) is 1. The number of nitrogens with two attached hydrogens (primary N) is 1. The molecule has 1 heterocycles. The fourth-order valence-electron chi connectivity index (χ4n) is 1.09. The van der Waals surface area contributed by atoms with Gasteiger partial charge in [-0.1, -0.05) is 13.8 Å². The molecule has 1 fully saturated rings. The predicted molar refractivity (Wildman–Crippen MR) is 49.9 cm³/mol. The molecule has 11 heavy (non-hydrogen) atoms. The van der Waals surface area contributed by atoms with Gasteiger partial charge in [-0.25, -0.2) is 0 Å². The van der Waals surface area contributed by atoms with E-state index in [-0.39, 0.29) is 0 Å². The lowest BCUT2D eigenvalue weighted by atomic mass is 10.2. The molecule has 0 aromatic heterocycles. The summed E-state index contributed by atoms with van der Waals surface area (Å²) in [7, 11) is 1.73. The monoisotopic (exact) mass is 157 g/mol. The first-order valence-corrected chi connectivity index (χ1v) is 4.30. The van der Waals surface area contributed by atoms with E-state index in [1.165, 1.54) is 6.42 Å². The smallest absolute Gasteiger partial charge is 0.111 e. The maximum absolute atomic E-state index is 5.57. The second-order valence-electron chi connectivity index (χ2n) is 2.30. The second kappa shape index (κ2) is 6.16. The minimum Gasteiger partial charge on any atom is -0.386 e. The Hall–Kier alpha value is -0.570. The van der Waals surface area contributed by atoms with Gasteiger partial charge in [0.15, 0.2) is 0 Å². The van der Waals surface area contributed by atoms with Crippen LogP contribution in [0.1, 0.15) is 26.7 Å². The molecule has 3 heteroatoms. The van der Waals surface area contributed by atoms with Crippen molar-refractivity contribution in [3.8, 4) is 0 Å². The SMILES string of the molecule is CC.CN=C(N)C1CCCN1. The summed E-state index contributed by atoms with van der Waals surface area (Å²) < 4.78 is 0. The van der Waals surface area contributed by atoms with E-state index < -0.39 is 0 Å². The fraction of sp³-hybridized carbons (Fsp3) is 0.875. The van der Waals surface area contributed by atoms with Crippen molar-refractivity contribution < 1.29 is 0 Å². The van der Waals surface area contributed by atoms with Crippen molar-refractivity contribution >= 4 is 5.84 Å². The third-order valence-corrected chi connectivity index (χ3v) is 1.68. The van der Waals surface area contributed by atoms with Gasteiger partial charge in [0.2, 0.25) is 0 Å². The van der Waals surface area contributed by atoms with Crippen LogP contribution >= 0.6 is 0 Å². The van der Waals surface area contributed by atoms with Crippen LogP contribution in [0.2, 0.25) is 0 Å². The van der Waals surface area contributed by atoms with Gasteiger partial charge in [-0.2, -0.15) is 0 Å². The van der Waals surface area contributed by atoms with E-state index in [0.29, 0.717) is 6.04 Å². The van der Waals surface area contributed by atoms with Crippen molar-refractivity contribution in [2.75, 3.05) is 13.6 Å². The van der Waals surface area contributed by atoms with Gasteiger partial charge in [0.05, 0.1) is 6.04 Å². The standard InChI is InChI=1S/C6H13N3.C2H6/c1-8-6(7)5-3-2-4-9-5;1-2/h5,9H,2-4H2,1H3,(H2,7,8);1-2H3. The molecule has 1 aliphatic rings. The highest BCUT2D eigenvalue weighted by molar-refractivity contribution is 5.85. The van der Waals surface area contributed by atoms with Crippen LogP contribution in [0.4, 0.5) is 0 Å². The molecule has 0 bridgehead atoms. The van der Waals surface area contributed by atoms with E-state index in [4.69, 9.17) is 5.73 Å². The molecule has 3 nitrogen and oxygen atoms in total. The molecule has 0 radical (unpaired) electrons. The minimum atomic E-state index is 0.356. The lowest BCUT2D eigenvalue weighted by Gasteiger charge is -2.06. The third kappa shape index (κ3) is 3.37. The Bertz CT molecular complexity index is 115. The highest BCUT2D eigenvalue weighted by Gasteiger charge is 2.16. The Labute approximate surface area is 69.1 Å². The molecule has 1 atom stereocenters. The van der Waals surface area contributed by atoms with Crippen molar-refractivity contribution in [2.24, 2.45) is 10.7 Å². The summed E-state index contributed by atoms with van der Waals surface area (Å²) in [6.45, 7) is 5.08. The lowest BCUT2D eigenvalue weighted by Crippen LogP contribution is -2.36. The molecule has 0 aliphatic carbocycles. The minimum absolute atomic E-state index is 0.356. The molecular weight excluding hydrogens is 138 g/mol. The van der Waals surface area contributed by atoms with Gasteiger partial charge < -0.3 is 11.1 Å². The number of hydrogen-bond donors (Lipinski definition) is 2. The molecule has 66 valence electrons. The van der Waals surface area contributed by atoms with Crippen LogP contribution in [0.15, 0.2) is 4.99 Å². The van der Waals surface area contributed by atoms with E-state index in [0.717, 1.165) is 18.8 Å². The van der Waals surface area contributed by atoms with Crippen LogP contribution in [0.5, 0.6) is 0 Å². The zero-order chi connectivity index (χ0) is 8.69. The summed E-state index contributed by atoms with van der Waals surface area (Å²) in [6, 6.07) is 0.356. The Morgan fingerprint density at radius 1 is 1.55 bits per heavy atom. The van der Waals surface area contributed by atoms with Gasteiger partial charge in [-0.15, -0.1) is 0 Å². The topological polar surface area (TPSA) is 50.4 Å². The van der Waals surface area contributed by atoms with Crippen molar-refractivity contribution in [3.05, 3.63) is 0 Å². The van der Waals surface area contributed by atoms with Gasteiger partial charge in [-0.05, 0) is 19.4 Å². The summed E-state index contributed by atoms with van der Waals surface area (Å²) in [6.07, 6.45) is 2.37. The van der Waals surface area contributed by atoms with Gasteiger partial charge in [0, 0.05) is 7.05 Å². The lowest BCUT2D eigenvalue weighted by molar-refractivity contribution is 0.754. The van der Waals surface area contributed by atoms with Crippen LogP contribution in [0.25, 0.3) is 0 Å². The van der Waals surface area contributed by atoms with Gasteiger partial charge in [0.25, 0.3) is 0 Å². The maximum atomic E-state index is 5.57. The normalized spacial score (nSPS) is 24.3. The summed E-state index contributed by atoms with van der Waals surface area (Å²) in [4.78, 5) is 3.90. The molecule has 1 aliphatic heterocycles. The number of nitrogens with one attached hydrogen (secondary N) is 1. The summed E-state index contributed by atoms with van der Waals surface area (Å²) >= 11 is 0. The summed E-state index contributed by atoms with van der Waals surface area (Å²) in [5.41, 5.74) is 5.57. The van der Waals surface area contributed by atoms with Gasteiger partial charge in [-0.3, -0.25) is 4.99 Å². The third-order valence-electron chi connectivity index (χ3n) is 1.68. The van der Waals surface area contributed by atoms with Crippen molar-refractivity contribution in [2.45, 2.75) is 32.7 Å². The zero-order valence-corrected chi connectivity index (χ0v) is 7.72. The number of aliphatic imine (C=N–C) groups is 1. The van der Waals surface area contributed by atoms with E-state index in [1.54, 1.807) is 7.05 Å². The first-order chi connectivity index (χ1) is 5.34. The molecule has 0 spiro atoms. The zero-order valence-electron chi connectivity index (χ0n) is 7.72. The molecule has 0 saturated carbocycles. The average molecular weight is 157 g/mol. The van der Waals surface area contributed by atoms with Crippen LogP contribution in [0, 0.1) is 0 Å². The molecule has 3 N–H and O–H groups in total. The highest BCUT2D eigenvalue weighted by atomic mass is 15.0. The number of rotatable bonds is 1. The van der Waals surface area contributed by atoms with Gasteiger partial charge in [0.1, 0.15) is 5.84 Å². The largest absolute Gasteiger partial charge is 0.386 e. The van der Waals surface area contributed by atoms with Crippen LogP contribution in [0.3, 0.4) is 0 Å². The quantitative estimate of drug-likeness (QED) is 0.436. The van der Waals surface area contributed by atoms with Crippen molar-refractivity contribution in [3.63, 3.8) is 0 Å². The summed E-state index contributed by atoms with van der Waals surface area (Å²) in [5, 5.41) is 3.25. The molecule has 1 rings (SSSR count). The number of hydrogen-bond acceptors (Lipinski definition) is 2. The Morgan fingerprint density at radius 2 is 2.18 bits per heavy atom. The molecule has 0 amide bonds. The van der Waals surface area contributed by atoms with Crippen molar-refractivity contribution in [1.82, 2.24) is 5.32 Å². The predicted octanol–water partition coefficient (Wildman–Crippen LogP) is 0.752. The summed E-state index contributed by atoms with van der Waals surface area (Å²) in [5.74, 6) is 0.743. The fourth-order valence-corrected chi connectivity index (χ4v) is 1.09. The highest BCUT2D eigenvalue weighted by Crippen LogP contribution is 2.03. The average Bonchev–Trinajstić information content (AvgIpc) is 2.59. The molecule has 0 aromatic carbocycles. The van der Waals surface area contributed by atoms with Gasteiger partial charge >= 0.3 is 0 Å².